The second kappa shape index (κ2) is 6.41. The van der Waals surface area contributed by atoms with Crippen molar-refractivity contribution in [2.24, 2.45) is 0 Å². The largest absolute Gasteiger partial charge is 0.454 e. The van der Waals surface area contributed by atoms with Crippen molar-refractivity contribution in [3.05, 3.63) is 59.8 Å². The minimum Gasteiger partial charge on any atom is -0.454 e. The molecule has 1 aliphatic heterocycles. The topological polar surface area (TPSA) is 73.6 Å². The lowest BCUT2D eigenvalue weighted by Crippen LogP contribution is -2.28. The van der Waals surface area contributed by atoms with Crippen LogP contribution in [0.25, 0.3) is 11.3 Å². The second-order valence-corrected chi connectivity index (χ2v) is 7.23. The molecule has 3 aromatic rings. The second-order valence-electron chi connectivity index (χ2n) is 7.23. The van der Waals surface area contributed by atoms with Crippen LogP contribution in [0.1, 0.15) is 31.0 Å². The van der Waals surface area contributed by atoms with Crippen LogP contribution in [0.4, 0.5) is 5.69 Å². The fourth-order valence-electron chi connectivity index (χ4n) is 3.49. The molecule has 0 atom stereocenters. The van der Waals surface area contributed by atoms with E-state index < -0.39 is 5.41 Å². The molecule has 1 amide bonds. The molecule has 0 spiro atoms. The number of nitrogens with zero attached hydrogens (tertiary/aromatic N) is 1. The fraction of sp³-hybridized carbons (Fsp3) is 0.273. The summed E-state index contributed by atoms with van der Waals surface area (Å²) in [7, 11) is 0. The third-order valence-corrected chi connectivity index (χ3v) is 5.46. The number of amides is 1. The lowest BCUT2D eigenvalue weighted by Gasteiger charge is -2.12. The van der Waals surface area contributed by atoms with Gasteiger partial charge in [-0.3, -0.25) is 4.79 Å². The van der Waals surface area contributed by atoms with E-state index in [9.17, 15) is 4.79 Å². The monoisotopic (exact) mass is 376 g/mol. The molecule has 1 saturated carbocycles. The zero-order chi connectivity index (χ0) is 19.1. The van der Waals surface area contributed by atoms with Crippen LogP contribution in [0.3, 0.4) is 0 Å². The summed E-state index contributed by atoms with van der Waals surface area (Å²) < 4.78 is 16.3. The number of carbonyl (C=O) groups is 1. The molecule has 1 aliphatic carbocycles. The van der Waals surface area contributed by atoms with Crippen LogP contribution in [0.15, 0.2) is 53.1 Å². The van der Waals surface area contributed by atoms with E-state index in [2.05, 4.69) is 17.4 Å². The minimum atomic E-state index is -0.610. The van der Waals surface area contributed by atoms with E-state index in [1.54, 1.807) is 0 Å². The average Bonchev–Trinajstić information content (AvgIpc) is 3.16. The highest BCUT2D eigenvalue weighted by Gasteiger charge is 2.53. The zero-order valence-corrected chi connectivity index (χ0v) is 15.5. The van der Waals surface area contributed by atoms with Crippen molar-refractivity contribution in [1.29, 1.82) is 0 Å². The number of aryl methyl sites for hydroxylation is 1. The Bertz CT molecular complexity index is 1030. The number of rotatable bonds is 5. The van der Waals surface area contributed by atoms with E-state index in [1.807, 2.05) is 48.5 Å². The molecule has 0 unspecified atom stereocenters. The molecule has 0 bridgehead atoms. The van der Waals surface area contributed by atoms with E-state index in [1.165, 1.54) is 5.56 Å². The Balaban J connectivity index is 1.36. The molecule has 2 aromatic carbocycles. The molecule has 142 valence electrons. The van der Waals surface area contributed by atoms with Crippen LogP contribution in [-0.2, 0) is 16.6 Å². The number of hydrogen-bond acceptors (Lipinski definition) is 5. The molecule has 1 fully saturated rings. The maximum absolute atomic E-state index is 12.9. The number of nitrogens with one attached hydrogen (secondary N) is 1. The summed E-state index contributed by atoms with van der Waals surface area (Å²) in [5, 5.41) is 7.22. The van der Waals surface area contributed by atoms with Crippen LogP contribution in [0.2, 0.25) is 0 Å². The van der Waals surface area contributed by atoms with Gasteiger partial charge in [0.2, 0.25) is 12.7 Å². The van der Waals surface area contributed by atoms with Gasteiger partial charge in [-0.15, -0.1) is 0 Å². The molecule has 1 aromatic heterocycles. The van der Waals surface area contributed by atoms with Crippen LogP contribution in [-0.4, -0.2) is 17.9 Å². The van der Waals surface area contributed by atoms with E-state index in [-0.39, 0.29) is 12.7 Å². The molecule has 0 saturated heterocycles. The Morgan fingerprint density at radius 1 is 1.07 bits per heavy atom. The predicted octanol–water partition coefficient (Wildman–Crippen LogP) is 4.30. The summed E-state index contributed by atoms with van der Waals surface area (Å²) in [4.78, 5) is 12.9. The molecule has 2 aliphatic rings. The lowest BCUT2D eigenvalue weighted by atomic mass is 10.00. The van der Waals surface area contributed by atoms with Crippen LogP contribution >= 0.6 is 0 Å². The van der Waals surface area contributed by atoms with Gasteiger partial charge in [-0.25, -0.2) is 0 Å². The van der Waals surface area contributed by atoms with Crippen molar-refractivity contribution < 1.29 is 18.8 Å². The van der Waals surface area contributed by atoms with Crippen molar-refractivity contribution in [3.8, 4) is 22.8 Å². The summed E-state index contributed by atoms with van der Waals surface area (Å²) in [5.41, 5.74) is 2.94. The number of fused-ring (bicyclic) bond motifs is 1. The maximum Gasteiger partial charge on any atom is 0.236 e. The molecule has 1 N–H and O–H groups in total. The van der Waals surface area contributed by atoms with E-state index >= 15 is 0 Å². The first-order valence-corrected chi connectivity index (χ1v) is 9.45. The van der Waals surface area contributed by atoms with Crippen molar-refractivity contribution >= 4 is 11.6 Å². The van der Waals surface area contributed by atoms with Gasteiger partial charge in [0, 0.05) is 17.3 Å². The molecular weight excluding hydrogens is 356 g/mol. The average molecular weight is 376 g/mol. The Labute approximate surface area is 162 Å². The number of hydrogen-bond donors (Lipinski definition) is 1. The fourth-order valence-corrected chi connectivity index (χ4v) is 3.49. The third kappa shape index (κ3) is 2.81. The molecular formula is C22H20N2O4. The summed E-state index contributed by atoms with van der Waals surface area (Å²) in [6.45, 7) is 2.33. The molecule has 6 nitrogen and oxygen atoms in total. The summed E-state index contributed by atoms with van der Waals surface area (Å²) in [5.74, 6) is 1.97. The first-order chi connectivity index (χ1) is 13.7. The Kier molecular flexibility index (Phi) is 3.86. The first kappa shape index (κ1) is 16.9. The number of aromatic nitrogens is 1. The Hall–Kier alpha value is -3.28. The normalized spacial score (nSPS) is 16.0. The molecule has 5 rings (SSSR count). The van der Waals surface area contributed by atoms with Gasteiger partial charge in [0.1, 0.15) is 0 Å². The minimum absolute atomic E-state index is 0.0396. The molecule has 6 heteroatoms. The zero-order valence-electron chi connectivity index (χ0n) is 15.5. The SMILES string of the molecule is CCc1ccc(NC(=O)C2(c3cc(-c4ccc5c(c4)OCO5)on3)CC2)cc1. The third-order valence-electron chi connectivity index (χ3n) is 5.46. The molecule has 28 heavy (non-hydrogen) atoms. The number of benzene rings is 2. The van der Waals surface area contributed by atoms with E-state index in [4.69, 9.17) is 14.0 Å². The van der Waals surface area contributed by atoms with Crippen LogP contribution < -0.4 is 14.8 Å². The van der Waals surface area contributed by atoms with Crippen LogP contribution in [0, 0.1) is 0 Å². The highest BCUT2D eigenvalue weighted by molar-refractivity contribution is 6.01. The molecule has 0 radical (unpaired) electrons. The first-order valence-electron chi connectivity index (χ1n) is 9.45. The summed E-state index contributed by atoms with van der Waals surface area (Å²) >= 11 is 0. The predicted molar refractivity (Wildman–Crippen MR) is 103 cm³/mol. The number of ether oxygens (including phenoxy) is 2. The van der Waals surface area contributed by atoms with Gasteiger partial charge in [-0.05, 0) is 55.2 Å². The van der Waals surface area contributed by atoms with Gasteiger partial charge in [0.15, 0.2) is 17.3 Å². The highest BCUT2D eigenvalue weighted by atomic mass is 16.7. The highest BCUT2D eigenvalue weighted by Crippen LogP contribution is 2.49. The van der Waals surface area contributed by atoms with Gasteiger partial charge < -0.3 is 19.3 Å². The van der Waals surface area contributed by atoms with Crippen molar-refractivity contribution in [1.82, 2.24) is 5.16 Å². The quantitative estimate of drug-likeness (QED) is 0.719. The van der Waals surface area contributed by atoms with Gasteiger partial charge in [-0.1, -0.05) is 24.2 Å². The van der Waals surface area contributed by atoms with E-state index in [0.29, 0.717) is 17.2 Å². The van der Waals surface area contributed by atoms with Crippen molar-refractivity contribution in [2.75, 3.05) is 12.1 Å². The van der Waals surface area contributed by atoms with Gasteiger partial charge in [0.05, 0.1) is 11.1 Å². The van der Waals surface area contributed by atoms with Gasteiger partial charge in [0.25, 0.3) is 0 Å². The number of anilines is 1. The van der Waals surface area contributed by atoms with E-state index in [0.717, 1.165) is 36.3 Å². The number of carbonyl (C=O) groups excluding carboxylic acids is 1. The Morgan fingerprint density at radius 2 is 1.86 bits per heavy atom. The van der Waals surface area contributed by atoms with Gasteiger partial charge >= 0.3 is 0 Å². The maximum atomic E-state index is 12.9. The standard InChI is InChI=1S/C22H20N2O4/c1-2-14-3-6-16(7-4-14)23-21(25)22(9-10-22)20-12-18(28-24-20)15-5-8-17-19(11-15)27-13-26-17/h3-8,11-12H,2,9-10,13H2,1H3,(H,23,25). The van der Waals surface area contributed by atoms with Crippen molar-refractivity contribution in [3.63, 3.8) is 0 Å². The summed E-state index contributed by atoms with van der Waals surface area (Å²) in [6, 6.07) is 15.4. The smallest absolute Gasteiger partial charge is 0.236 e. The summed E-state index contributed by atoms with van der Waals surface area (Å²) in [6.07, 6.45) is 2.50. The van der Waals surface area contributed by atoms with Crippen molar-refractivity contribution in [2.45, 2.75) is 31.6 Å². The molecule has 2 heterocycles. The van der Waals surface area contributed by atoms with Crippen LogP contribution in [0.5, 0.6) is 11.5 Å². The lowest BCUT2D eigenvalue weighted by molar-refractivity contribution is -0.118. The Morgan fingerprint density at radius 3 is 2.61 bits per heavy atom. The van der Waals surface area contributed by atoms with Gasteiger partial charge in [-0.2, -0.15) is 0 Å².